The molecule has 3 aromatic heterocycles. The first kappa shape index (κ1) is 16.9. The Kier molecular flexibility index (Phi) is 4.39. The molecule has 136 valence electrons. The highest BCUT2D eigenvalue weighted by molar-refractivity contribution is 5.95. The molecule has 0 saturated heterocycles. The average molecular weight is 362 g/mol. The lowest BCUT2D eigenvalue weighted by molar-refractivity contribution is 0.0911. The minimum Gasteiger partial charge on any atom is -0.394 e. The lowest BCUT2D eigenvalue weighted by atomic mass is 10.0. The van der Waals surface area contributed by atoms with Gasteiger partial charge in [0.2, 0.25) is 0 Å². The summed E-state index contributed by atoms with van der Waals surface area (Å²) in [5.41, 5.74) is 4.92. The lowest BCUT2D eigenvalue weighted by Crippen LogP contribution is -2.31. The van der Waals surface area contributed by atoms with Crippen LogP contribution in [0.3, 0.4) is 0 Å². The Labute approximate surface area is 154 Å². The number of rotatable bonds is 5. The zero-order valence-corrected chi connectivity index (χ0v) is 14.6. The Hall–Kier alpha value is -3.52. The molecule has 4 aromatic rings. The van der Waals surface area contributed by atoms with E-state index in [9.17, 15) is 9.90 Å². The summed E-state index contributed by atoms with van der Waals surface area (Å²) in [6, 6.07) is 8.91. The summed E-state index contributed by atoms with van der Waals surface area (Å²) in [7, 11) is 0. The molecule has 0 unspecified atom stereocenters. The summed E-state index contributed by atoms with van der Waals surface area (Å²) < 4.78 is 0. The number of aliphatic hydroxyl groups is 1. The van der Waals surface area contributed by atoms with Crippen LogP contribution >= 0.6 is 0 Å². The van der Waals surface area contributed by atoms with Gasteiger partial charge in [-0.05, 0) is 18.6 Å². The first-order valence-corrected chi connectivity index (χ1v) is 8.47. The molecule has 0 bridgehead atoms. The fraction of sp³-hybridized carbons (Fsp3) is 0.158. The van der Waals surface area contributed by atoms with Crippen molar-refractivity contribution in [2.45, 2.75) is 13.0 Å². The van der Waals surface area contributed by atoms with E-state index >= 15 is 0 Å². The van der Waals surface area contributed by atoms with Gasteiger partial charge in [-0.1, -0.05) is 29.8 Å². The summed E-state index contributed by atoms with van der Waals surface area (Å²) in [5, 5.41) is 12.5. The molecule has 0 aliphatic rings. The number of fused-ring (bicyclic) bond motifs is 1. The number of aryl methyl sites for hydroxylation is 1. The third-order valence-electron chi connectivity index (χ3n) is 4.35. The maximum absolute atomic E-state index is 12.6. The second-order valence-corrected chi connectivity index (χ2v) is 6.25. The number of aromatic nitrogens is 5. The first-order valence-electron chi connectivity index (χ1n) is 8.47. The van der Waals surface area contributed by atoms with E-state index in [1.54, 1.807) is 18.6 Å². The molecule has 0 aliphatic heterocycles. The predicted molar refractivity (Wildman–Crippen MR) is 99.9 cm³/mol. The Morgan fingerprint density at radius 1 is 1.22 bits per heavy atom. The molecular weight excluding hydrogens is 344 g/mol. The van der Waals surface area contributed by atoms with Crippen LogP contribution in [0.25, 0.3) is 22.4 Å². The lowest BCUT2D eigenvalue weighted by Gasteiger charge is -2.16. The second kappa shape index (κ2) is 7.00. The van der Waals surface area contributed by atoms with E-state index in [0.29, 0.717) is 22.6 Å². The van der Waals surface area contributed by atoms with E-state index in [2.05, 4.69) is 30.2 Å². The number of carbonyl (C=O) groups is 1. The Balaban J connectivity index is 1.57. The highest BCUT2D eigenvalue weighted by atomic mass is 16.3. The number of H-pyrrole nitrogens is 2. The van der Waals surface area contributed by atoms with Gasteiger partial charge >= 0.3 is 0 Å². The third-order valence-corrected chi connectivity index (χ3v) is 4.35. The predicted octanol–water partition coefficient (Wildman–Crippen LogP) is 2.12. The first-order chi connectivity index (χ1) is 13.2. The van der Waals surface area contributed by atoms with Gasteiger partial charge in [-0.3, -0.25) is 4.79 Å². The van der Waals surface area contributed by atoms with Crippen LogP contribution in [-0.4, -0.2) is 42.5 Å². The van der Waals surface area contributed by atoms with Crippen molar-refractivity contribution < 1.29 is 9.90 Å². The number of benzene rings is 1. The topological polar surface area (TPSA) is 120 Å². The van der Waals surface area contributed by atoms with Crippen molar-refractivity contribution in [3.63, 3.8) is 0 Å². The molecular formula is C19H18N6O2. The minimum atomic E-state index is -0.485. The molecule has 0 fully saturated rings. The van der Waals surface area contributed by atoms with Gasteiger partial charge in [0.15, 0.2) is 5.65 Å². The molecule has 4 rings (SSSR count). The highest BCUT2D eigenvalue weighted by Gasteiger charge is 2.18. The van der Waals surface area contributed by atoms with Crippen molar-refractivity contribution in [2.24, 2.45) is 0 Å². The van der Waals surface area contributed by atoms with Gasteiger partial charge in [0.05, 0.1) is 19.0 Å². The van der Waals surface area contributed by atoms with Gasteiger partial charge in [-0.2, -0.15) is 0 Å². The molecule has 8 nitrogen and oxygen atoms in total. The fourth-order valence-corrected chi connectivity index (χ4v) is 3.00. The monoisotopic (exact) mass is 362 g/mol. The highest BCUT2D eigenvalue weighted by Crippen LogP contribution is 2.24. The third kappa shape index (κ3) is 3.30. The van der Waals surface area contributed by atoms with E-state index < -0.39 is 6.04 Å². The van der Waals surface area contributed by atoms with Crippen LogP contribution in [0.15, 0.2) is 49.2 Å². The Morgan fingerprint density at radius 3 is 2.93 bits per heavy atom. The van der Waals surface area contributed by atoms with Crippen molar-refractivity contribution in [1.82, 2.24) is 30.2 Å². The van der Waals surface area contributed by atoms with Crippen LogP contribution in [0.4, 0.5) is 0 Å². The van der Waals surface area contributed by atoms with E-state index in [1.165, 1.54) is 6.33 Å². The molecule has 0 saturated carbocycles. The fourth-order valence-electron chi connectivity index (χ4n) is 3.00. The smallest absolute Gasteiger partial charge is 0.268 e. The molecule has 8 heteroatoms. The number of nitrogens with zero attached hydrogens (tertiary/aromatic N) is 3. The van der Waals surface area contributed by atoms with Crippen molar-refractivity contribution in [3.05, 3.63) is 66.0 Å². The van der Waals surface area contributed by atoms with Crippen molar-refractivity contribution in [3.8, 4) is 11.3 Å². The normalized spacial score (nSPS) is 12.2. The minimum absolute atomic E-state index is 0.192. The largest absolute Gasteiger partial charge is 0.394 e. The summed E-state index contributed by atoms with van der Waals surface area (Å²) in [4.78, 5) is 31.1. The summed E-state index contributed by atoms with van der Waals surface area (Å²) in [5.74, 6) is -0.311. The van der Waals surface area contributed by atoms with Crippen molar-refractivity contribution >= 4 is 17.1 Å². The maximum atomic E-state index is 12.6. The molecule has 3 heterocycles. The zero-order valence-electron chi connectivity index (χ0n) is 14.6. The van der Waals surface area contributed by atoms with Gasteiger partial charge in [0.1, 0.15) is 23.2 Å². The number of aliphatic hydroxyl groups excluding tert-OH is 1. The van der Waals surface area contributed by atoms with Gasteiger partial charge in [0.25, 0.3) is 5.91 Å². The molecule has 0 spiro atoms. The van der Waals surface area contributed by atoms with E-state index in [4.69, 9.17) is 0 Å². The number of aromatic amines is 2. The number of nitrogens with one attached hydrogen (secondary N) is 3. The van der Waals surface area contributed by atoms with Gasteiger partial charge in [-0.25, -0.2) is 15.0 Å². The quantitative estimate of drug-likeness (QED) is 0.433. The molecule has 1 amide bonds. The van der Waals surface area contributed by atoms with Crippen LogP contribution < -0.4 is 5.32 Å². The van der Waals surface area contributed by atoms with Crippen LogP contribution in [0.5, 0.6) is 0 Å². The van der Waals surface area contributed by atoms with Crippen LogP contribution in [0.1, 0.15) is 27.7 Å². The van der Waals surface area contributed by atoms with Crippen LogP contribution in [-0.2, 0) is 0 Å². The number of hydrogen-bond donors (Lipinski definition) is 4. The van der Waals surface area contributed by atoms with E-state index in [-0.39, 0.29) is 12.5 Å². The molecule has 1 atom stereocenters. The number of amides is 1. The Morgan fingerprint density at radius 2 is 2.11 bits per heavy atom. The van der Waals surface area contributed by atoms with Crippen molar-refractivity contribution in [1.29, 1.82) is 0 Å². The standard InChI is InChI=1S/C19H18N6O2/c1-11-3-2-4-12(5-11)15(8-26)25-19(27)14-6-13(7-20-14)16-17-18(23-9-21-16)24-10-22-17/h2-7,9-10,15,20,26H,8H2,1H3,(H,25,27)(H,21,22,23,24)/t15-/m1/s1. The summed E-state index contributed by atoms with van der Waals surface area (Å²) >= 11 is 0. The zero-order chi connectivity index (χ0) is 18.8. The second-order valence-electron chi connectivity index (χ2n) is 6.25. The molecule has 1 aromatic carbocycles. The van der Waals surface area contributed by atoms with Crippen molar-refractivity contribution in [2.75, 3.05) is 6.61 Å². The molecule has 0 radical (unpaired) electrons. The molecule has 0 aliphatic carbocycles. The van der Waals surface area contributed by atoms with Crippen LogP contribution in [0, 0.1) is 6.92 Å². The van der Waals surface area contributed by atoms with Gasteiger partial charge < -0.3 is 20.4 Å². The Bertz CT molecular complexity index is 1100. The van der Waals surface area contributed by atoms with E-state index in [1.807, 2.05) is 31.2 Å². The number of hydrogen-bond acceptors (Lipinski definition) is 5. The SMILES string of the molecule is Cc1cccc([C@@H](CO)NC(=O)c2cc(-c3ncnc4[nH]cnc34)c[nH]2)c1. The molecule has 4 N–H and O–H groups in total. The number of carbonyl (C=O) groups excluding carboxylic acids is 1. The summed E-state index contributed by atoms with van der Waals surface area (Å²) in [6.07, 6.45) is 4.70. The summed E-state index contributed by atoms with van der Waals surface area (Å²) in [6.45, 7) is 1.77. The van der Waals surface area contributed by atoms with Gasteiger partial charge in [0, 0.05) is 11.8 Å². The van der Waals surface area contributed by atoms with Gasteiger partial charge in [-0.15, -0.1) is 0 Å². The molecule has 27 heavy (non-hydrogen) atoms. The van der Waals surface area contributed by atoms with E-state index in [0.717, 1.165) is 16.7 Å². The van der Waals surface area contributed by atoms with Crippen LogP contribution in [0.2, 0.25) is 0 Å². The number of imidazole rings is 1. The maximum Gasteiger partial charge on any atom is 0.268 e. The average Bonchev–Trinajstić information content (AvgIpc) is 3.35.